The highest BCUT2D eigenvalue weighted by atomic mass is 32.1. The summed E-state index contributed by atoms with van der Waals surface area (Å²) in [5, 5.41) is 6.78. The van der Waals surface area contributed by atoms with E-state index in [2.05, 4.69) is 10.6 Å². The fraction of sp³-hybridized carbons (Fsp3) is 0.188. The molecule has 0 heterocycles. The van der Waals surface area contributed by atoms with Crippen LogP contribution in [0.5, 0.6) is 0 Å². The zero-order chi connectivity index (χ0) is 14.4. The van der Waals surface area contributed by atoms with Crippen molar-refractivity contribution in [1.29, 1.82) is 0 Å². The molecule has 0 aliphatic carbocycles. The molecular formula is C16H17FN2S. The number of nitrogens with one attached hydrogen (secondary N) is 2. The first-order valence-electron chi connectivity index (χ1n) is 6.50. The minimum Gasteiger partial charge on any atom is -0.362 e. The zero-order valence-electron chi connectivity index (χ0n) is 11.3. The number of para-hydroxylation sites is 1. The highest BCUT2D eigenvalue weighted by molar-refractivity contribution is 7.80. The van der Waals surface area contributed by atoms with Crippen LogP contribution in [0.15, 0.2) is 48.5 Å². The second-order valence-corrected chi connectivity index (χ2v) is 4.95. The first kappa shape index (κ1) is 14.5. The van der Waals surface area contributed by atoms with Gasteiger partial charge in [0.2, 0.25) is 0 Å². The van der Waals surface area contributed by atoms with Crippen molar-refractivity contribution in [2.75, 3.05) is 11.9 Å². The van der Waals surface area contributed by atoms with E-state index in [1.807, 2.05) is 37.3 Å². The van der Waals surface area contributed by atoms with E-state index in [1.54, 1.807) is 12.1 Å². The molecule has 0 aliphatic heterocycles. The Morgan fingerprint density at radius 2 is 1.80 bits per heavy atom. The second-order valence-electron chi connectivity index (χ2n) is 4.54. The van der Waals surface area contributed by atoms with Gasteiger partial charge in [-0.1, -0.05) is 36.4 Å². The molecular weight excluding hydrogens is 271 g/mol. The highest BCUT2D eigenvalue weighted by Crippen LogP contribution is 2.12. The van der Waals surface area contributed by atoms with Gasteiger partial charge in [-0.15, -0.1) is 0 Å². The molecule has 0 unspecified atom stereocenters. The quantitative estimate of drug-likeness (QED) is 0.840. The average molecular weight is 288 g/mol. The Bertz CT molecular complexity index is 599. The van der Waals surface area contributed by atoms with Gasteiger partial charge in [-0.3, -0.25) is 0 Å². The molecule has 2 rings (SSSR count). The summed E-state index contributed by atoms with van der Waals surface area (Å²) in [6.45, 7) is 2.61. The van der Waals surface area contributed by atoms with E-state index in [0.29, 0.717) is 23.6 Å². The molecule has 2 N–H and O–H groups in total. The minimum absolute atomic E-state index is 0.174. The van der Waals surface area contributed by atoms with Crippen LogP contribution in [0, 0.1) is 12.7 Å². The summed E-state index contributed by atoms with van der Waals surface area (Å²) in [4.78, 5) is 0. The van der Waals surface area contributed by atoms with Crippen molar-refractivity contribution in [3.63, 3.8) is 0 Å². The van der Waals surface area contributed by atoms with Gasteiger partial charge in [-0.25, -0.2) is 4.39 Å². The lowest BCUT2D eigenvalue weighted by molar-refractivity contribution is 0.607. The first-order valence-corrected chi connectivity index (χ1v) is 6.91. The van der Waals surface area contributed by atoms with Crippen LogP contribution in [0.4, 0.5) is 10.1 Å². The summed E-state index contributed by atoms with van der Waals surface area (Å²) in [7, 11) is 0. The molecule has 0 aliphatic rings. The van der Waals surface area contributed by atoms with Gasteiger partial charge in [0.25, 0.3) is 0 Å². The molecule has 104 valence electrons. The van der Waals surface area contributed by atoms with Crippen molar-refractivity contribution in [3.8, 4) is 0 Å². The maximum Gasteiger partial charge on any atom is 0.170 e. The van der Waals surface area contributed by atoms with Gasteiger partial charge in [-0.05, 0) is 48.8 Å². The lowest BCUT2D eigenvalue weighted by Crippen LogP contribution is -2.30. The molecule has 0 fully saturated rings. The summed E-state index contributed by atoms with van der Waals surface area (Å²) >= 11 is 5.23. The number of anilines is 1. The number of thiocarbonyl (C=S) groups is 1. The number of hydrogen-bond donors (Lipinski definition) is 2. The van der Waals surface area contributed by atoms with Crippen molar-refractivity contribution in [1.82, 2.24) is 5.32 Å². The van der Waals surface area contributed by atoms with Gasteiger partial charge >= 0.3 is 0 Å². The van der Waals surface area contributed by atoms with E-state index in [-0.39, 0.29) is 5.82 Å². The van der Waals surface area contributed by atoms with Crippen LogP contribution < -0.4 is 10.6 Å². The van der Waals surface area contributed by atoms with Crippen molar-refractivity contribution in [2.24, 2.45) is 0 Å². The van der Waals surface area contributed by atoms with Crippen molar-refractivity contribution >= 4 is 23.0 Å². The van der Waals surface area contributed by atoms with E-state index in [0.717, 1.165) is 11.3 Å². The molecule has 0 saturated carbocycles. The Labute approximate surface area is 124 Å². The zero-order valence-corrected chi connectivity index (χ0v) is 12.1. The Kier molecular flexibility index (Phi) is 5.07. The summed E-state index contributed by atoms with van der Waals surface area (Å²) in [5.41, 5.74) is 2.81. The Hall–Kier alpha value is -1.94. The molecule has 20 heavy (non-hydrogen) atoms. The van der Waals surface area contributed by atoms with Crippen LogP contribution in [-0.4, -0.2) is 11.7 Å². The molecule has 0 aromatic heterocycles. The molecule has 0 spiro atoms. The standard InChI is InChI=1S/C16H17FN2S/c1-12-6-2-5-9-15(12)19-16(20)18-11-10-13-7-3-4-8-14(13)17/h2-9H,10-11H2,1H3,(H2,18,19,20). The summed E-state index contributed by atoms with van der Waals surface area (Å²) in [6.07, 6.45) is 0.599. The predicted octanol–water partition coefficient (Wildman–Crippen LogP) is 3.66. The van der Waals surface area contributed by atoms with Crippen LogP contribution in [0.25, 0.3) is 0 Å². The van der Waals surface area contributed by atoms with E-state index in [9.17, 15) is 4.39 Å². The van der Waals surface area contributed by atoms with E-state index < -0.39 is 0 Å². The largest absolute Gasteiger partial charge is 0.362 e. The van der Waals surface area contributed by atoms with Crippen molar-refractivity contribution in [3.05, 3.63) is 65.5 Å². The lowest BCUT2D eigenvalue weighted by Gasteiger charge is -2.12. The predicted molar refractivity (Wildman–Crippen MR) is 85.5 cm³/mol. The van der Waals surface area contributed by atoms with Crippen LogP contribution in [0.1, 0.15) is 11.1 Å². The molecule has 0 bridgehead atoms. The van der Waals surface area contributed by atoms with Gasteiger partial charge in [0.05, 0.1) is 0 Å². The first-order chi connectivity index (χ1) is 9.66. The number of rotatable bonds is 4. The number of hydrogen-bond acceptors (Lipinski definition) is 1. The van der Waals surface area contributed by atoms with Crippen LogP contribution >= 0.6 is 12.2 Å². The Balaban J connectivity index is 1.82. The maximum atomic E-state index is 13.4. The average Bonchev–Trinajstić information content (AvgIpc) is 2.43. The summed E-state index contributed by atoms with van der Waals surface area (Å²) in [5.74, 6) is -0.174. The molecule has 2 aromatic carbocycles. The number of halogens is 1. The molecule has 2 nitrogen and oxygen atoms in total. The van der Waals surface area contributed by atoms with Crippen LogP contribution in [0.2, 0.25) is 0 Å². The van der Waals surface area contributed by atoms with E-state index >= 15 is 0 Å². The van der Waals surface area contributed by atoms with Gasteiger partial charge in [0.1, 0.15) is 5.82 Å². The normalized spacial score (nSPS) is 10.1. The monoisotopic (exact) mass is 288 g/mol. The summed E-state index contributed by atoms with van der Waals surface area (Å²) < 4.78 is 13.4. The van der Waals surface area contributed by atoms with Gasteiger partial charge in [0, 0.05) is 12.2 Å². The van der Waals surface area contributed by atoms with Gasteiger partial charge < -0.3 is 10.6 Å². The second kappa shape index (κ2) is 7.01. The molecule has 0 amide bonds. The fourth-order valence-corrected chi connectivity index (χ4v) is 2.10. The Morgan fingerprint density at radius 1 is 1.10 bits per heavy atom. The minimum atomic E-state index is -0.174. The van der Waals surface area contributed by atoms with Crippen LogP contribution in [0.3, 0.4) is 0 Å². The lowest BCUT2D eigenvalue weighted by atomic mass is 10.1. The summed E-state index contributed by atoms with van der Waals surface area (Å²) in [6, 6.07) is 14.7. The molecule has 0 saturated heterocycles. The van der Waals surface area contributed by atoms with Crippen LogP contribution in [-0.2, 0) is 6.42 Å². The third-order valence-corrected chi connectivity index (χ3v) is 3.28. The van der Waals surface area contributed by atoms with Gasteiger partial charge in [-0.2, -0.15) is 0 Å². The number of aryl methyl sites for hydroxylation is 1. The van der Waals surface area contributed by atoms with E-state index in [1.165, 1.54) is 6.07 Å². The topological polar surface area (TPSA) is 24.1 Å². The third kappa shape index (κ3) is 4.03. The van der Waals surface area contributed by atoms with Crippen molar-refractivity contribution < 1.29 is 4.39 Å². The smallest absolute Gasteiger partial charge is 0.170 e. The number of benzene rings is 2. The third-order valence-electron chi connectivity index (χ3n) is 3.03. The van der Waals surface area contributed by atoms with E-state index in [4.69, 9.17) is 12.2 Å². The fourth-order valence-electron chi connectivity index (χ4n) is 1.89. The molecule has 0 atom stereocenters. The molecule has 2 aromatic rings. The molecule has 4 heteroatoms. The van der Waals surface area contributed by atoms with Gasteiger partial charge in [0.15, 0.2) is 5.11 Å². The Morgan fingerprint density at radius 3 is 2.55 bits per heavy atom. The molecule has 0 radical (unpaired) electrons. The van der Waals surface area contributed by atoms with Crippen molar-refractivity contribution in [2.45, 2.75) is 13.3 Å². The maximum absolute atomic E-state index is 13.4. The SMILES string of the molecule is Cc1ccccc1NC(=S)NCCc1ccccc1F. The highest BCUT2D eigenvalue weighted by Gasteiger charge is 2.02.